The summed E-state index contributed by atoms with van der Waals surface area (Å²) in [7, 11) is 0. The molecule has 0 spiro atoms. The van der Waals surface area contributed by atoms with Crippen LogP contribution in [0.3, 0.4) is 0 Å². The van der Waals surface area contributed by atoms with Gasteiger partial charge in [0, 0.05) is 5.92 Å². The first-order valence-electron chi connectivity index (χ1n) is 6.43. The van der Waals surface area contributed by atoms with Crippen LogP contribution in [0.4, 0.5) is 4.39 Å². The number of halogens is 1. The van der Waals surface area contributed by atoms with Gasteiger partial charge < -0.3 is 10.3 Å². The third-order valence-corrected chi connectivity index (χ3v) is 3.70. The third kappa shape index (κ3) is 1.76. The number of fused-ring (bicyclic) bond motifs is 1. The van der Waals surface area contributed by atoms with Crippen LogP contribution in [0.2, 0.25) is 0 Å². The van der Waals surface area contributed by atoms with E-state index < -0.39 is 5.54 Å². The van der Waals surface area contributed by atoms with Crippen molar-refractivity contribution >= 4 is 0 Å². The van der Waals surface area contributed by atoms with Gasteiger partial charge in [0.1, 0.15) is 11.4 Å². The molecular weight excluding hydrogens is 245 g/mol. The molecular formula is C14H16FN3O. The van der Waals surface area contributed by atoms with Crippen molar-refractivity contribution in [1.82, 2.24) is 10.1 Å². The van der Waals surface area contributed by atoms with Crippen LogP contribution >= 0.6 is 0 Å². The van der Waals surface area contributed by atoms with Crippen LogP contribution in [0, 0.1) is 5.82 Å². The van der Waals surface area contributed by atoms with E-state index in [1.165, 1.54) is 6.07 Å². The smallest absolute Gasteiger partial charge is 0.229 e. The van der Waals surface area contributed by atoms with Gasteiger partial charge in [-0.15, -0.1) is 0 Å². The predicted molar refractivity (Wildman–Crippen MR) is 68.1 cm³/mol. The van der Waals surface area contributed by atoms with Crippen LogP contribution in [-0.4, -0.2) is 10.1 Å². The van der Waals surface area contributed by atoms with E-state index in [1.54, 1.807) is 6.07 Å². The maximum Gasteiger partial charge on any atom is 0.229 e. The number of aromatic nitrogens is 2. The second-order valence-corrected chi connectivity index (χ2v) is 5.35. The Hall–Kier alpha value is -1.75. The summed E-state index contributed by atoms with van der Waals surface area (Å²) in [5, 5.41) is 3.99. The molecule has 0 aliphatic heterocycles. The van der Waals surface area contributed by atoms with Crippen LogP contribution in [-0.2, 0) is 12.0 Å². The summed E-state index contributed by atoms with van der Waals surface area (Å²) >= 11 is 0. The average molecular weight is 261 g/mol. The largest absolute Gasteiger partial charge is 0.339 e. The third-order valence-electron chi connectivity index (χ3n) is 3.70. The van der Waals surface area contributed by atoms with Crippen LogP contribution in [0.25, 0.3) is 0 Å². The van der Waals surface area contributed by atoms with E-state index in [0.29, 0.717) is 30.1 Å². The van der Waals surface area contributed by atoms with E-state index in [-0.39, 0.29) is 11.7 Å². The molecule has 100 valence electrons. The Morgan fingerprint density at radius 1 is 1.42 bits per heavy atom. The Labute approximate surface area is 110 Å². The molecule has 1 atom stereocenters. The summed E-state index contributed by atoms with van der Waals surface area (Å²) in [6.07, 6.45) is 1.20. The first kappa shape index (κ1) is 12.3. The lowest BCUT2D eigenvalue weighted by Gasteiger charge is -2.20. The van der Waals surface area contributed by atoms with Gasteiger partial charge in [-0.3, -0.25) is 0 Å². The van der Waals surface area contributed by atoms with Gasteiger partial charge >= 0.3 is 0 Å². The van der Waals surface area contributed by atoms with Crippen LogP contribution in [0.15, 0.2) is 22.7 Å². The first-order valence-corrected chi connectivity index (χ1v) is 6.43. The summed E-state index contributed by atoms with van der Waals surface area (Å²) in [6.45, 7) is 3.95. The minimum absolute atomic E-state index is 0.151. The molecule has 5 heteroatoms. The van der Waals surface area contributed by atoms with Crippen molar-refractivity contribution in [3.8, 4) is 0 Å². The molecule has 1 heterocycles. The normalized spacial score (nSPS) is 21.9. The van der Waals surface area contributed by atoms with Gasteiger partial charge in [-0.25, -0.2) is 4.39 Å². The monoisotopic (exact) mass is 261 g/mol. The van der Waals surface area contributed by atoms with E-state index in [1.807, 2.05) is 19.9 Å². The molecule has 1 aromatic carbocycles. The zero-order valence-electron chi connectivity index (χ0n) is 11.0. The van der Waals surface area contributed by atoms with E-state index in [0.717, 1.165) is 5.56 Å². The Morgan fingerprint density at radius 2 is 2.21 bits per heavy atom. The van der Waals surface area contributed by atoms with E-state index in [9.17, 15) is 4.39 Å². The Morgan fingerprint density at radius 3 is 2.89 bits per heavy atom. The maximum absolute atomic E-state index is 13.8. The fourth-order valence-corrected chi connectivity index (χ4v) is 2.57. The molecule has 0 radical (unpaired) electrons. The van der Waals surface area contributed by atoms with Gasteiger partial charge in [0.15, 0.2) is 5.82 Å². The first-order chi connectivity index (χ1) is 9.02. The van der Waals surface area contributed by atoms with Gasteiger partial charge in [-0.1, -0.05) is 31.1 Å². The Kier molecular flexibility index (Phi) is 2.67. The summed E-state index contributed by atoms with van der Waals surface area (Å²) in [4.78, 5) is 4.37. The maximum atomic E-state index is 13.8. The fourth-order valence-electron chi connectivity index (χ4n) is 2.57. The zero-order chi connectivity index (χ0) is 13.6. The lowest BCUT2D eigenvalue weighted by molar-refractivity contribution is 0.350. The van der Waals surface area contributed by atoms with E-state index in [2.05, 4.69) is 10.1 Å². The molecule has 2 aromatic rings. The van der Waals surface area contributed by atoms with Crippen molar-refractivity contribution < 1.29 is 8.91 Å². The standard InChI is InChI=1S/C14H16FN3O/c1-8(2)12-17-13(18-19-12)14(16)7-6-9-10(14)4-3-5-11(9)15/h3-5,8H,6-7,16H2,1-2H3. The molecule has 0 bridgehead atoms. The van der Waals surface area contributed by atoms with E-state index >= 15 is 0 Å². The number of nitrogens with zero attached hydrogens (tertiary/aromatic N) is 2. The molecule has 1 aliphatic rings. The van der Waals surface area contributed by atoms with Crippen molar-refractivity contribution in [3.05, 3.63) is 46.9 Å². The predicted octanol–water partition coefficient (Wildman–Crippen LogP) is 2.48. The summed E-state index contributed by atoms with van der Waals surface area (Å²) in [5.74, 6) is 0.945. The van der Waals surface area contributed by atoms with Gasteiger partial charge in [-0.2, -0.15) is 4.98 Å². The van der Waals surface area contributed by atoms with E-state index in [4.69, 9.17) is 10.3 Å². The highest BCUT2D eigenvalue weighted by Gasteiger charge is 2.41. The summed E-state index contributed by atoms with van der Waals surface area (Å²) in [6, 6.07) is 4.97. The number of hydrogen-bond acceptors (Lipinski definition) is 4. The minimum Gasteiger partial charge on any atom is -0.339 e. The topological polar surface area (TPSA) is 64.9 Å². The number of nitrogens with two attached hydrogens (primary N) is 1. The fraction of sp³-hybridized carbons (Fsp3) is 0.429. The van der Waals surface area contributed by atoms with Crippen molar-refractivity contribution in [2.75, 3.05) is 0 Å². The molecule has 19 heavy (non-hydrogen) atoms. The molecule has 0 amide bonds. The molecule has 2 N–H and O–H groups in total. The molecule has 4 nitrogen and oxygen atoms in total. The highest BCUT2D eigenvalue weighted by atomic mass is 19.1. The molecule has 1 aliphatic carbocycles. The minimum atomic E-state index is -0.839. The quantitative estimate of drug-likeness (QED) is 0.902. The molecule has 0 saturated heterocycles. The molecule has 0 fully saturated rings. The van der Waals surface area contributed by atoms with Gasteiger partial charge in [-0.05, 0) is 30.0 Å². The Balaban J connectivity index is 2.08. The lowest BCUT2D eigenvalue weighted by Crippen LogP contribution is -2.36. The summed E-state index contributed by atoms with van der Waals surface area (Å²) < 4.78 is 19.0. The van der Waals surface area contributed by atoms with Crippen molar-refractivity contribution in [2.45, 2.75) is 38.1 Å². The van der Waals surface area contributed by atoms with Gasteiger partial charge in [0.05, 0.1) is 0 Å². The molecule has 3 rings (SSSR count). The van der Waals surface area contributed by atoms with Crippen LogP contribution in [0.1, 0.15) is 49.0 Å². The highest BCUT2D eigenvalue weighted by molar-refractivity contribution is 5.43. The molecule has 0 saturated carbocycles. The van der Waals surface area contributed by atoms with Crippen LogP contribution < -0.4 is 5.73 Å². The van der Waals surface area contributed by atoms with Crippen molar-refractivity contribution in [3.63, 3.8) is 0 Å². The van der Waals surface area contributed by atoms with Gasteiger partial charge in [0.2, 0.25) is 5.89 Å². The molecule has 1 unspecified atom stereocenters. The number of benzene rings is 1. The highest BCUT2D eigenvalue weighted by Crippen LogP contribution is 2.39. The van der Waals surface area contributed by atoms with Crippen molar-refractivity contribution in [2.24, 2.45) is 5.73 Å². The second-order valence-electron chi connectivity index (χ2n) is 5.35. The molecule has 1 aromatic heterocycles. The number of rotatable bonds is 2. The zero-order valence-corrected chi connectivity index (χ0v) is 11.0. The lowest BCUT2D eigenvalue weighted by atomic mass is 9.92. The van der Waals surface area contributed by atoms with Crippen LogP contribution in [0.5, 0.6) is 0 Å². The summed E-state index contributed by atoms with van der Waals surface area (Å²) in [5.41, 5.74) is 7.02. The SMILES string of the molecule is CC(C)c1nc(C2(N)CCc3c(F)cccc32)no1. The Bertz CT molecular complexity index is 623. The van der Waals surface area contributed by atoms with Crippen molar-refractivity contribution in [1.29, 1.82) is 0 Å². The second kappa shape index (κ2) is 4.13. The average Bonchev–Trinajstić information content (AvgIpc) is 2.97. The van der Waals surface area contributed by atoms with Gasteiger partial charge in [0.25, 0.3) is 0 Å². The number of hydrogen-bond donors (Lipinski definition) is 1.